The van der Waals surface area contributed by atoms with Crippen LogP contribution in [-0.4, -0.2) is 17.7 Å². The number of esters is 2. The van der Waals surface area contributed by atoms with Gasteiger partial charge in [-0.15, -0.1) is 0 Å². The maximum Gasteiger partial charge on any atom is 0.330 e. The summed E-state index contributed by atoms with van der Waals surface area (Å²) in [5, 5.41) is 0. The highest BCUT2D eigenvalue weighted by atomic mass is 16.7. The van der Waals surface area contributed by atoms with Gasteiger partial charge in [-0.3, -0.25) is 9.59 Å². The molecule has 0 unspecified atom stereocenters. The minimum absolute atomic E-state index is 0.128. The third kappa shape index (κ3) is 1.66. The first-order valence-corrected chi connectivity index (χ1v) is 5.74. The van der Waals surface area contributed by atoms with Gasteiger partial charge >= 0.3 is 11.9 Å². The van der Waals surface area contributed by atoms with Gasteiger partial charge < -0.3 is 9.47 Å². The summed E-state index contributed by atoms with van der Waals surface area (Å²) in [5.74, 6) is -2.21. The van der Waals surface area contributed by atoms with Crippen LogP contribution in [-0.2, 0) is 19.1 Å². The van der Waals surface area contributed by atoms with Crippen molar-refractivity contribution in [2.75, 3.05) is 0 Å². The second-order valence-electron chi connectivity index (χ2n) is 6.21. The quantitative estimate of drug-likeness (QED) is 0.369. The van der Waals surface area contributed by atoms with E-state index in [4.69, 9.17) is 9.47 Å². The molecule has 4 nitrogen and oxygen atoms in total. The predicted molar refractivity (Wildman–Crippen MR) is 60.9 cm³/mol. The van der Waals surface area contributed by atoms with Gasteiger partial charge in [-0.25, -0.2) is 0 Å². The van der Waals surface area contributed by atoms with Gasteiger partial charge in [-0.2, -0.15) is 0 Å². The first kappa shape index (κ1) is 12.1. The molecule has 17 heavy (non-hydrogen) atoms. The zero-order valence-electron chi connectivity index (χ0n) is 10.8. The van der Waals surface area contributed by atoms with Crippen LogP contribution >= 0.6 is 0 Å². The molecule has 4 heteroatoms. The van der Waals surface area contributed by atoms with E-state index in [0.29, 0.717) is 18.4 Å². The molecule has 1 spiro atoms. The molecule has 0 aromatic heterocycles. The van der Waals surface area contributed by atoms with Gasteiger partial charge in [-0.1, -0.05) is 20.4 Å². The Kier molecular flexibility index (Phi) is 2.23. The second kappa shape index (κ2) is 3.12. The van der Waals surface area contributed by atoms with Crippen molar-refractivity contribution in [2.24, 2.45) is 10.8 Å². The third-order valence-corrected chi connectivity index (χ3v) is 3.41. The molecule has 2 aliphatic rings. The Morgan fingerprint density at radius 3 is 1.88 bits per heavy atom. The Balaban J connectivity index is 2.42. The molecule has 1 aliphatic heterocycles. The lowest BCUT2D eigenvalue weighted by Gasteiger charge is -2.39. The lowest BCUT2D eigenvalue weighted by atomic mass is 9.79. The van der Waals surface area contributed by atoms with Crippen molar-refractivity contribution in [1.82, 2.24) is 0 Å². The largest absolute Gasteiger partial charge is 0.422 e. The summed E-state index contributed by atoms with van der Waals surface area (Å²) in [6.07, 6.45) is 1.05. The van der Waals surface area contributed by atoms with E-state index in [1.165, 1.54) is 0 Å². The van der Waals surface area contributed by atoms with Crippen LogP contribution in [0.4, 0.5) is 0 Å². The second-order valence-corrected chi connectivity index (χ2v) is 6.21. The van der Waals surface area contributed by atoms with Crippen LogP contribution in [0.25, 0.3) is 0 Å². The molecular weight excluding hydrogens is 220 g/mol. The third-order valence-electron chi connectivity index (χ3n) is 3.41. The molecule has 1 saturated heterocycles. The van der Waals surface area contributed by atoms with Gasteiger partial charge in [0.25, 0.3) is 5.79 Å². The first-order valence-electron chi connectivity index (χ1n) is 5.74. The molecule has 2 rings (SSSR count). The van der Waals surface area contributed by atoms with Crippen molar-refractivity contribution in [2.45, 2.75) is 46.3 Å². The molecule has 0 atom stereocenters. The van der Waals surface area contributed by atoms with Gasteiger partial charge in [0.1, 0.15) is 0 Å². The Morgan fingerprint density at radius 2 is 1.53 bits per heavy atom. The fourth-order valence-corrected chi connectivity index (χ4v) is 2.79. The fraction of sp³-hybridized carbons (Fsp3) is 0.692. The fourth-order valence-electron chi connectivity index (χ4n) is 2.79. The summed E-state index contributed by atoms with van der Waals surface area (Å²) in [6, 6.07) is 0. The Morgan fingerprint density at radius 1 is 1.06 bits per heavy atom. The van der Waals surface area contributed by atoms with E-state index in [9.17, 15) is 9.59 Å². The Bertz CT molecular complexity index is 397. The van der Waals surface area contributed by atoms with Crippen molar-refractivity contribution >= 4 is 11.9 Å². The van der Waals surface area contributed by atoms with Crippen LogP contribution in [0.15, 0.2) is 12.2 Å². The summed E-state index contributed by atoms with van der Waals surface area (Å²) in [7, 11) is 0. The highest BCUT2D eigenvalue weighted by Gasteiger charge is 2.63. The van der Waals surface area contributed by atoms with E-state index in [2.05, 4.69) is 6.58 Å². The molecule has 1 heterocycles. The zero-order valence-corrected chi connectivity index (χ0v) is 10.8. The van der Waals surface area contributed by atoms with Crippen LogP contribution < -0.4 is 0 Å². The molecule has 0 aromatic rings. The Hall–Kier alpha value is -1.32. The van der Waals surface area contributed by atoms with Gasteiger partial charge in [-0.05, 0) is 23.8 Å². The number of rotatable bonds is 0. The van der Waals surface area contributed by atoms with E-state index < -0.39 is 23.1 Å². The topological polar surface area (TPSA) is 52.6 Å². The highest BCUT2D eigenvalue weighted by molar-refractivity contribution is 6.05. The SMILES string of the molecule is C=C1CC(C)(C)CC12C(=O)OC(C)(C)OC2=O. The molecule has 0 bridgehead atoms. The van der Waals surface area contributed by atoms with Gasteiger partial charge in [0.15, 0.2) is 5.41 Å². The average Bonchev–Trinajstić information content (AvgIpc) is 2.32. The number of cyclic esters (lactones) is 2. The summed E-state index contributed by atoms with van der Waals surface area (Å²) < 4.78 is 10.4. The van der Waals surface area contributed by atoms with E-state index in [-0.39, 0.29) is 5.41 Å². The molecule has 1 saturated carbocycles. The van der Waals surface area contributed by atoms with E-state index >= 15 is 0 Å². The molecule has 0 aromatic carbocycles. The molecular formula is C13H18O4. The van der Waals surface area contributed by atoms with Crippen LogP contribution in [0, 0.1) is 10.8 Å². The van der Waals surface area contributed by atoms with Crippen LogP contribution in [0.5, 0.6) is 0 Å². The smallest absolute Gasteiger partial charge is 0.330 e. The van der Waals surface area contributed by atoms with E-state index in [1.807, 2.05) is 13.8 Å². The molecule has 2 fully saturated rings. The van der Waals surface area contributed by atoms with Crippen LogP contribution in [0.1, 0.15) is 40.5 Å². The van der Waals surface area contributed by atoms with Crippen molar-refractivity contribution < 1.29 is 19.1 Å². The van der Waals surface area contributed by atoms with Crippen LogP contribution in [0.2, 0.25) is 0 Å². The van der Waals surface area contributed by atoms with Crippen LogP contribution in [0.3, 0.4) is 0 Å². The first-order chi connectivity index (χ1) is 7.59. The van der Waals surface area contributed by atoms with Gasteiger partial charge in [0.2, 0.25) is 0 Å². The van der Waals surface area contributed by atoms with E-state index in [1.54, 1.807) is 13.8 Å². The van der Waals surface area contributed by atoms with E-state index in [0.717, 1.165) is 0 Å². The number of carbonyl (C=O) groups excluding carboxylic acids is 2. The number of hydrogen-bond donors (Lipinski definition) is 0. The minimum atomic E-state index is -1.28. The number of hydrogen-bond acceptors (Lipinski definition) is 4. The van der Waals surface area contributed by atoms with Crippen molar-refractivity contribution in [3.05, 3.63) is 12.2 Å². The lowest BCUT2D eigenvalue weighted by molar-refractivity contribution is -0.247. The monoisotopic (exact) mass is 238 g/mol. The molecule has 0 radical (unpaired) electrons. The summed E-state index contributed by atoms with van der Waals surface area (Å²) in [4.78, 5) is 24.3. The van der Waals surface area contributed by atoms with Crippen molar-refractivity contribution in [3.63, 3.8) is 0 Å². The maximum absolute atomic E-state index is 12.2. The Labute approximate surface area is 101 Å². The molecule has 94 valence electrons. The lowest BCUT2D eigenvalue weighted by Crippen LogP contribution is -2.53. The molecule has 0 amide bonds. The predicted octanol–water partition coefficient (Wildman–Crippen LogP) is 2.19. The van der Waals surface area contributed by atoms with Crippen molar-refractivity contribution in [3.8, 4) is 0 Å². The van der Waals surface area contributed by atoms with Crippen molar-refractivity contribution in [1.29, 1.82) is 0 Å². The average molecular weight is 238 g/mol. The summed E-state index contributed by atoms with van der Waals surface area (Å²) in [6.45, 7) is 11.0. The normalized spacial score (nSPS) is 29.1. The maximum atomic E-state index is 12.2. The highest BCUT2D eigenvalue weighted by Crippen LogP contribution is 2.55. The minimum Gasteiger partial charge on any atom is -0.422 e. The number of carbonyl (C=O) groups is 2. The standard InChI is InChI=1S/C13H18O4/c1-8-6-11(2,3)7-13(8)9(14)16-12(4,5)17-10(13)15/h1,6-7H2,2-5H3. The summed E-state index contributed by atoms with van der Waals surface area (Å²) in [5.41, 5.74) is -0.802. The zero-order chi connectivity index (χ0) is 13.1. The van der Waals surface area contributed by atoms with Gasteiger partial charge in [0.05, 0.1) is 0 Å². The molecule has 1 aliphatic carbocycles. The number of ether oxygens (including phenoxy) is 2. The van der Waals surface area contributed by atoms with Gasteiger partial charge in [0, 0.05) is 13.8 Å². The molecule has 0 N–H and O–H groups in total. The summed E-state index contributed by atoms with van der Waals surface area (Å²) >= 11 is 0.